The Balaban J connectivity index is 1.83. The number of nitrogens with zero attached hydrogens (tertiary/aromatic N) is 3. The molecule has 22 heavy (non-hydrogen) atoms. The number of ether oxygens (including phenoxy) is 1. The van der Waals surface area contributed by atoms with Gasteiger partial charge in [-0.05, 0) is 38.2 Å². The van der Waals surface area contributed by atoms with E-state index in [1.54, 1.807) is 0 Å². The molecule has 0 amide bonds. The molecular formula is C14H20F3N3OS. The van der Waals surface area contributed by atoms with Crippen molar-refractivity contribution in [2.75, 3.05) is 26.7 Å². The fourth-order valence-electron chi connectivity index (χ4n) is 2.16. The largest absolute Gasteiger partial charge is 0.475 e. The molecule has 0 saturated carbocycles. The first-order valence-electron chi connectivity index (χ1n) is 8.63. The molecule has 0 spiro atoms. The molecule has 0 unspecified atom stereocenters. The van der Waals surface area contributed by atoms with Crippen molar-refractivity contribution in [3.63, 3.8) is 0 Å². The number of hydrogen-bond donors (Lipinski definition) is 0. The summed E-state index contributed by atoms with van der Waals surface area (Å²) in [6.07, 6.45) is -1.39. The number of likely N-dealkylation sites (N-methyl/N-ethyl adjacent to an activating group) is 1. The molecule has 0 radical (unpaired) electrons. The van der Waals surface area contributed by atoms with E-state index >= 15 is 0 Å². The molecule has 0 fully saturated rings. The number of aromatic nitrogens is 2. The fraction of sp³-hybridized carbons (Fsp3) is 0.714. The number of rotatable bonds is 7. The lowest BCUT2D eigenvalue weighted by Crippen LogP contribution is -2.25. The minimum Gasteiger partial charge on any atom is -0.475 e. The third kappa shape index (κ3) is 5.57. The van der Waals surface area contributed by atoms with Crippen LogP contribution in [-0.2, 0) is 0 Å². The second kappa shape index (κ2) is 7.92. The molecule has 1 aromatic rings. The summed E-state index contributed by atoms with van der Waals surface area (Å²) < 4.78 is 72.5. The number of halogens is 3. The highest BCUT2D eigenvalue weighted by molar-refractivity contribution is 6.99. The minimum atomic E-state index is -4.12. The molecular weight excluding hydrogens is 315 g/mol. The van der Waals surface area contributed by atoms with Crippen LogP contribution in [0.3, 0.4) is 0 Å². The van der Waals surface area contributed by atoms with Crippen molar-refractivity contribution in [1.29, 1.82) is 0 Å². The molecule has 0 bridgehead atoms. The smallest absolute Gasteiger partial charge is 0.389 e. The van der Waals surface area contributed by atoms with E-state index in [1.807, 2.05) is 6.08 Å². The Labute approximate surface area is 136 Å². The Morgan fingerprint density at radius 3 is 3.00 bits per heavy atom. The van der Waals surface area contributed by atoms with Crippen molar-refractivity contribution in [2.45, 2.75) is 38.3 Å². The normalized spacial score (nSPS) is 19.2. The summed E-state index contributed by atoms with van der Waals surface area (Å²) in [5, 5.41) is 0. The van der Waals surface area contributed by atoms with Crippen molar-refractivity contribution < 1.29 is 22.0 Å². The van der Waals surface area contributed by atoms with Gasteiger partial charge in [-0.25, -0.2) is 0 Å². The molecule has 2 rings (SSSR count). The van der Waals surface area contributed by atoms with Crippen LogP contribution in [-0.4, -0.2) is 46.5 Å². The van der Waals surface area contributed by atoms with Gasteiger partial charge in [0.15, 0.2) is 0 Å². The van der Waals surface area contributed by atoms with Crippen molar-refractivity contribution in [3.8, 4) is 5.88 Å². The maximum Gasteiger partial charge on any atom is 0.389 e. The van der Waals surface area contributed by atoms with Crippen molar-refractivity contribution in [3.05, 3.63) is 11.8 Å². The highest BCUT2D eigenvalue weighted by Gasteiger charge is 2.25. The molecule has 1 aromatic heterocycles. The first-order chi connectivity index (χ1) is 11.7. The molecule has 0 aromatic carbocycles. The summed E-state index contributed by atoms with van der Waals surface area (Å²) in [6, 6.07) is 0. The lowest BCUT2D eigenvalue weighted by atomic mass is 10.1. The SMILES string of the molecule is [2H]C([2H])([2H])N1CCC=C(c2nsnc2OCCCCCC(F)(F)F)C1. The maximum absolute atomic E-state index is 12.1. The highest BCUT2D eigenvalue weighted by Crippen LogP contribution is 2.27. The predicted octanol–water partition coefficient (Wildman–Crippen LogP) is 3.76. The average molecular weight is 338 g/mol. The van der Waals surface area contributed by atoms with Crippen LogP contribution in [0.4, 0.5) is 13.2 Å². The Hall–Kier alpha value is -1.15. The van der Waals surface area contributed by atoms with Gasteiger partial charge >= 0.3 is 6.18 Å². The zero-order chi connectivity index (χ0) is 18.5. The first kappa shape index (κ1) is 13.3. The summed E-state index contributed by atoms with van der Waals surface area (Å²) in [4.78, 5) is 1.39. The van der Waals surface area contributed by atoms with E-state index in [1.165, 1.54) is 4.90 Å². The Bertz CT molecular complexity index is 590. The molecule has 2 heterocycles. The Morgan fingerprint density at radius 1 is 1.36 bits per heavy atom. The number of unbranched alkanes of at least 4 members (excludes halogenated alkanes) is 2. The molecule has 0 atom stereocenters. The van der Waals surface area contributed by atoms with E-state index in [-0.39, 0.29) is 19.6 Å². The van der Waals surface area contributed by atoms with Crippen LogP contribution < -0.4 is 4.74 Å². The van der Waals surface area contributed by atoms with Gasteiger partial charge in [0.1, 0.15) is 5.69 Å². The maximum atomic E-state index is 12.1. The van der Waals surface area contributed by atoms with E-state index in [9.17, 15) is 13.2 Å². The van der Waals surface area contributed by atoms with Gasteiger partial charge in [-0.15, -0.1) is 4.37 Å². The summed E-state index contributed by atoms with van der Waals surface area (Å²) in [6.45, 7) is -1.22. The van der Waals surface area contributed by atoms with Gasteiger partial charge in [0.2, 0.25) is 0 Å². The van der Waals surface area contributed by atoms with Gasteiger partial charge in [0.25, 0.3) is 5.88 Å². The van der Waals surface area contributed by atoms with Crippen LogP contribution in [0.25, 0.3) is 5.57 Å². The fourth-order valence-corrected chi connectivity index (χ4v) is 2.69. The topological polar surface area (TPSA) is 38.2 Å². The van der Waals surface area contributed by atoms with Gasteiger partial charge in [-0.1, -0.05) is 6.08 Å². The van der Waals surface area contributed by atoms with E-state index < -0.39 is 19.6 Å². The van der Waals surface area contributed by atoms with Crippen LogP contribution in [0.2, 0.25) is 0 Å². The zero-order valence-corrected chi connectivity index (χ0v) is 12.8. The summed E-state index contributed by atoms with van der Waals surface area (Å²) in [5.41, 5.74) is 1.28. The molecule has 0 aliphatic carbocycles. The number of alkyl halides is 3. The molecule has 0 saturated heterocycles. The quantitative estimate of drug-likeness (QED) is 0.710. The lowest BCUT2D eigenvalue weighted by molar-refractivity contribution is -0.135. The second-order valence-electron chi connectivity index (χ2n) is 5.13. The second-order valence-corrected chi connectivity index (χ2v) is 5.66. The lowest BCUT2D eigenvalue weighted by Gasteiger charge is -2.22. The van der Waals surface area contributed by atoms with Crippen LogP contribution in [0, 0.1) is 0 Å². The zero-order valence-electron chi connectivity index (χ0n) is 15.0. The van der Waals surface area contributed by atoms with Crippen molar-refractivity contribution >= 4 is 17.3 Å². The van der Waals surface area contributed by atoms with E-state index in [0.717, 1.165) is 17.3 Å². The van der Waals surface area contributed by atoms with Crippen LogP contribution in [0.5, 0.6) is 5.88 Å². The van der Waals surface area contributed by atoms with Crippen LogP contribution in [0.15, 0.2) is 6.08 Å². The molecule has 4 nitrogen and oxygen atoms in total. The van der Waals surface area contributed by atoms with Crippen LogP contribution in [0.1, 0.15) is 41.9 Å². The predicted molar refractivity (Wildman–Crippen MR) is 80.0 cm³/mol. The van der Waals surface area contributed by atoms with E-state index in [2.05, 4.69) is 8.75 Å². The van der Waals surface area contributed by atoms with Gasteiger partial charge in [0, 0.05) is 23.6 Å². The van der Waals surface area contributed by atoms with Crippen LogP contribution >= 0.6 is 11.7 Å². The van der Waals surface area contributed by atoms with E-state index in [4.69, 9.17) is 8.85 Å². The molecule has 1 aliphatic heterocycles. The van der Waals surface area contributed by atoms with Gasteiger partial charge in [-0.2, -0.15) is 17.5 Å². The van der Waals surface area contributed by atoms with Gasteiger partial charge in [-0.3, -0.25) is 0 Å². The molecule has 8 heteroatoms. The first-order valence-corrected chi connectivity index (χ1v) is 7.86. The van der Waals surface area contributed by atoms with Crippen molar-refractivity contribution in [1.82, 2.24) is 13.6 Å². The minimum absolute atomic E-state index is 0.0771. The number of hydrogen-bond acceptors (Lipinski definition) is 5. The Morgan fingerprint density at radius 2 is 2.23 bits per heavy atom. The summed E-state index contributed by atoms with van der Waals surface area (Å²) in [7, 11) is 0. The third-order valence-corrected chi connectivity index (χ3v) is 3.77. The third-order valence-electron chi connectivity index (χ3n) is 3.26. The summed E-state index contributed by atoms with van der Waals surface area (Å²) >= 11 is 0.967. The van der Waals surface area contributed by atoms with E-state index in [0.29, 0.717) is 37.4 Å². The summed E-state index contributed by atoms with van der Waals surface area (Å²) in [5.74, 6) is 0.319. The van der Waals surface area contributed by atoms with Gasteiger partial charge in [0.05, 0.1) is 18.3 Å². The standard InChI is InChI=1S/C14H20F3N3OS/c1-20-8-5-6-11(10-20)12-13(19-22-18-12)21-9-4-2-3-7-14(15,16)17/h6H,2-5,7-10H2,1H3/i1D3. The molecule has 0 N–H and O–H groups in total. The van der Waals surface area contributed by atoms with Gasteiger partial charge < -0.3 is 9.64 Å². The molecule has 124 valence electrons. The Kier molecular flexibility index (Phi) is 4.79. The monoisotopic (exact) mass is 338 g/mol. The van der Waals surface area contributed by atoms with Crippen molar-refractivity contribution in [2.24, 2.45) is 0 Å². The highest BCUT2D eigenvalue weighted by atomic mass is 32.1. The molecule has 1 aliphatic rings. The average Bonchev–Trinajstić information content (AvgIpc) is 2.97.